The van der Waals surface area contributed by atoms with E-state index in [0.29, 0.717) is 19.1 Å². The van der Waals surface area contributed by atoms with Crippen molar-refractivity contribution in [3.8, 4) is 0 Å². The summed E-state index contributed by atoms with van der Waals surface area (Å²) in [6.45, 7) is 5.28. The third-order valence-electron chi connectivity index (χ3n) is 2.47. The molecule has 0 spiro atoms. The standard InChI is InChI=1S/C9H18O2/c1-3-11-6-9(10)7(2)8-4-5-8/h7-10H,3-6H2,1-2H3. The molecule has 11 heavy (non-hydrogen) atoms. The van der Waals surface area contributed by atoms with Gasteiger partial charge in [0.25, 0.3) is 0 Å². The fourth-order valence-electron chi connectivity index (χ4n) is 1.33. The van der Waals surface area contributed by atoms with Gasteiger partial charge in [0.2, 0.25) is 0 Å². The van der Waals surface area contributed by atoms with Crippen LogP contribution in [0, 0.1) is 11.8 Å². The van der Waals surface area contributed by atoms with Gasteiger partial charge in [-0.15, -0.1) is 0 Å². The van der Waals surface area contributed by atoms with Gasteiger partial charge >= 0.3 is 0 Å². The molecule has 1 aliphatic carbocycles. The quantitative estimate of drug-likeness (QED) is 0.656. The summed E-state index contributed by atoms with van der Waals surface area (Å²) in [7, 11) is 0. The van der Waals surface area contributed by atoms with Crippen molar-refractivity contribution < 1.29 is 9.84 Å². The molecule has 2 heteroatoms. The van der Waals surface area contributed by atoms with Crippen LogP contribution in [0.3, 0.4) is 0 Å². The molecule has 1 N–H and O–H groups in total. The van der Waals surface area contributed by atoms with E-state index >= 15 is 0 Å². The van der Waals surface area contributed by atoms with Gasteiger partial charge in [0, 0.05) is 6.61 Å². The molecule has 2 unspecified atom stereocenters. The molecule has 0 bridgehead atoms. The highest BCUT2D eigenvalue weighted by Crippen LogP contribution is 2.38. The minimum atomic E-state index is -0.248. The van der Waals surface area contributed by atoms with Crippen LogP contribution in [0.1, 0.15) is 26.7 Å². The van der Waals surface area contributed by atoms with Crippen molar-refractivity contribution in [3.05, 3.63) is 0 Å². The van der Waals surface area contributed by atoms with Gasteiger partial charge in [-0.2, -0.15) is 0 Å². The summed E-state index contributed by atoms with van der Waals surface area (Å²) in [6, 6.07) is 0. The Morgan fingerprint density at radius 1 is 1.55 bits per heavy atom. The number of aliphatic hydroxyl groups excluding tert-OH is 1. The lowest BCUT2D eigenvalue weighted by Crippen LogP contribution is -2.25. The Labute approximate surface area is 68.6 Å². The van der Waals surface area contributed by atoms with E-state index in [4.69, 9.17) is 4.74 Å². The van der Waals surface area contributed by atoms with Crippen LogP contribution in [0.5, 0.6) is 0 Å². The van der Waals surface area contributed by atoms with Crippen molar-refractivity contribution in [3.63, 3.8) is 0 Å². The number of rotatable bonds is 5. The van der Waals surface area contributed by atoms with Crippen molar-refractivity contribution in [2.45, 2.75) is 32.8 Å². The van der Waals surface area contributed by atoms with Crippen LogP contribution in [0.4, 0.5) is 0 Å². The Balaban J connectivity index is 2.11. The Morgan fingerprint density at radius 2 is 2.18 bits per heavy atom. The average Bonchev–Trinajstić information content (AvgIpc) is 2.81. The van der Waals surface area contributed by atoms with E-state index in [-0.39, 0.29) is 6.10 Å². The maximum atomic E-state index is 9.53. The van der Waals surface area contributed by atoms with Crippen molar-refractivity contribution >= 4 is 0 Å². The predicted octanol–water partition coefficient (Wildman–Crippen LogP) is 1.43. The molecule has 2 nitrogen and oxygen atoms in total. The minimum Gasteiger partial charge on any atom is -0.390 e. The van der Waals surface area contributed by atoms with Gasteiger partial charge in [0.05, 0.1) is 12.7 Å². The fraction of sp³-hybridized carbons (Fsp3) is 1.00. The summed E-state index contributed by atoms with van der Waals surface area (Å²) >= 11 is 0. The molecule has 1 rings (SSSR count). The second-order valence-electron chi connectivity index (χ2n) is 3.42. The monoisotopic (exact) mass is 158 g/mol. The van der Waals surface area contributed by atoms with Crippen LogP contribution < -0.4 is 0 Å². The van der Waals surface area contributed by atoms with Crippen LogP contribution in [-0.4, -0.2) is 24.4 Å². The average molecular weight is 158 g/mol. The van der Waals surface area contributed by atoms with Crippen LogP contribution in [0.15, 0.2) is 0 Å². The Bertz CT molecular complexity index is 110. The molecule has 1 fully saturated rings. The molecule has 2 atom stereocenters. The van der Waals surface area contributed by atoms with Crippen LogP contribution in [0.25, 0.3) is 0 Å². The zero-order valence-electron chi connectivity index (χ0n) is 7.42. The first-order valence-electron chi connectivity index (χ1n) is 4.51. The second kappa shape index (κ2) is 4.07. The predicted molar refractivity (Wildman–Crippen MR) is 44.4 cm³/mol. The smallest absolute Gasteiger partial charge is 0.0801 e. The topological polar surface area (TPSA) is 29.5 Å². The molecule has 0 aromatic carbocycles. The number of hydrogen-bond acceptors (Lipinski definition) is 2. The van der Waals surface area contributed by atoms with Crippen LogP contribution in [-0.2, 0) is 4.74 Å². The fourth-order valence-corrected chi connectivity index (χ4v) is 1.33. The largest absolute Gasteiger partial charge is 0.390 e. The lowest BCUT2D eigenvalue weighted by molar-refractivity contribution is 0.00798. The molecule has 1 saturated carbocycles. The molecular formula is C9H18O2. The van der Waals surface area contributed by atoms with Crippen molar-refractivity contribution in [1.82, 2.24) is 0 Å². The summed E-state index contributed by atoms with van der Waals surface area (Å²) in [5, 5.41) is 9.53. The normalized spacial score (nSPS) is 23.2. The van der Waals surface area contributed by atoms with Crippen LogP contribution >= 0.6 is 0 Å². The maximum absolute atomic E-state index is 9.53. The third kappa shape index (κ3) is 2.80. The molecule has 0 heterocycles. The zero-order valence-corrected chi connectivity index (χ0v) is 7.42. The molecule has 0 aromatic rings. The van der Waals surface area contributed by atoms with Gasteiger partial charge in [-0.25, -0.2) is 0 Å². The van der Waals surface area contributed by atoms with Crippen molar-refractivity contribution in [2.24, 2.45) is 11.8 Å². The Morgan fingerprint density at radius 3 is 2.64 bits per heavy atom. The SMILES string of the molecule is CCOCC(O)C(C)C1CC1. The summed E-state index contributed by atoms with van der Waals surface area (Å²) < 4.78 is 5.14. The first kappa shape index (κ1) is 9.01. The third-order valence-corrected chi connectivity index (χ3v) is 2.47. The molecule has 0 radical (unpaired) electrons. The number of aliphatic hydroxyl groups is 1. The van der Waals surface area contributed by atoms with E-state index in [1.165, 1.54) is 12.8 Å². The lowest BCUT2D eigenvalue weighted by atomic mass is 10.0. The van der Waals surface area contributed by atoms with Gasteiger partial charge < -0.3 is 9.84 Å². The van der Waals surface area contributed by atoms with E-state index < -0.39 is 0 Å². The molecule has 66 valence electrons. The maximum Gasteiger partial charge on any atom is 0.0801 e. The highest BCUT2D eigenvalue weighted by Gasteiger charge is 2.32. The van der Waals surface area contributed by atoms with E-state index in [9.17, 15) is 5.11 Å². The molecule has 0 aromatic heterocycles. The summed E-state index contributed by atoms with van der Waals surface area (Å²) in [6.07, 6.45) is 2.34. The molecule has 1 aliphatic rings. The summed E-state index contributed by atoms with van der Waals surface area (Å²) in [5.41, 5.74) is 0. The van der Waals surface area contributed by atoms with E-state index in [1.54, 1.807) is 0 Å². The van der Waals surface area contributed by atoms with Gasteiger partial charge in [-0.1, -0.05) is 6.92 Å². The summed E-state index contributed by atoms with van der Waals surface area (Å²) in [5.74, 6) is 1.20. The summed E-state index contributed by atoms with van der Waals surface area (Å²) in [4.78, 5) is 0. The van der Waals surface area contributed by atoms with E-state index in [2.05, 4.69) is 6.92 Å². The molecule has 0 saturated heterocycles. The Kier molecular flexibility index (Phi) is 3.34. The van der Waals surface area contributed by atoms with E-state index in [0.717, 1.165) is 5.92 Å². The zero-order chi connectivity index (χ0) is 8.27. The van der Waals surface area contributed by atoms with Gasteiger partial charge in [0.15, 0.2) is 0 Å². The first-order chi connectivity index (χ1) is 5.25. The highest BCUT2D eigenvalue weighted by molar-refractivity contribution is 4.82. The van der Waals surface area contributed by atoms with E-state index in [1.807, 2.05) is 6.92 Å². The Hall–Kier alpha value is -0.0800. The van der Waals surface area contributed by atoms with Gasteiger partial charge in [0.1, 0.15) is 0 Å². The van der Waals surface area contributed by atoms with Gasteiger partial charge in [-0.05, 0) is 31.6 Å². The first-order valence-corrected chi connectivity index (χ1v) is 4.51. The second-order valence-corrected chi connectivity index (χ2v) is 3.42. The molecule has 0 amide bonds. The number of hydrogen-bond donors (Lipinski definition) is 1. The van der Waals surface area contributed by atoms with Crippen molar-refractivity contribution in [1.29, 1.82) is 0 Å². The van der Waals surface area contributed by atoms with Crippen molar-refractivity contribution in [2.75, 3.05) is 13.2 Å². The minimum absolute atomic E-state index is 0.248. The van der Waals surface area contributed by atoms with Gasteiger partial charge in [-0.3, -0.25) is 0 Å². The number of ether oxygens (including phenoxy) is 1. The lowest BCUT2D eigenvalue weighted by Gasteiger charge is -2.17. The highest BCUT2D eigenvalue weighted by atomic mass is 16.5. The van der Waals surface area contributed by atoms with Crippen LogP contribution in [0.2, 0.25) is 0 Å². The molecule has 0 aliphatic heterocycles. The molecular weight excluding hydrogens is 140 g/mol.